The lowest BCUT2D eigenvalue weighted by Gasteiger charge is -2.15. The highest BCUT2D eigenvalue weighted by Crippen LogP contribution is 2.29. The van der Waals surface area contributed by atoms with Gasteiger partial charge in [0, 0.05) is 45.1 Å². The van der Waals surface area contributed by atoms with Gasteiger partial charge in [-0.15, -0.1) is 24.0 Å². The SMILES string of the molecule is CN=C(NCCc1ccc(N(C)C)cc1)Nc1ccc(OC)c(OC)c1.I. The normalized spacial score (nSPS) is 10.6. The second-order valence-electron chi connectivity index (χ2n) is 6.00. The number of guanidine groups is 1. The molecule has 0 aliphatic heterocycles. The molecule has 27 heavy (non-hydrogen) atoms. The molecule has 0 aromatic heterocycles. The van der Waals surface area contributed by atoms with Gasteiger partial charge in [-0.1, -0.05) is 12.1 Å². The van der Waals surface area contributed by atoms with Gasteiger partial charge in [-0.3, -0.25) is 4.99 Å². The van der Waals surface area contributed by atoms with E-state index < -0.39 is 0 Å². The minimum atomic E-state index is 0. The van der Waals surface area contributed by atoms with Crippen molar-refractivity contribution in [2.45, 2.75) is 6.42 Å². The third kappa shape index (κ3) is 6.82. The van der Waals surface area contributed by atoms with Crippen LogP contribution in [0.3, 0.4) is 0 Å². The molecule has 2 aromatic carbocycles. The van der Waals surface area contributed by atoms with E-state index in [1.165, 1.54) is 11.3 Å². The molecule has 148 valence electrons. The van der Waals surface area contributed by atoms with Crippen LogP contribution in [0.4, 0.5) is 11.4 Å². The summed E-state index contributed by atoms with van der Waals surface area (Å²) in [5, 5.41) is 6.59. The first-order valence-electron chi connectivity index (χ1n) is 8.53. The minimum Gasteiger partial charge on any atom is -0.493 e. The van der Waals surface area contributed by atoms with Gasteiger partial charge in [0.15, 0.2) is 17.5 Å². The Kier molecular flexibility index (Phi) is 9.77. The molecule has 0 saturated carbocycles. The highest BCUT2D eigenvalue weighted by Gasteiger charge is 2.06. The Morgan fingerprint density at radius 2 is 1.67 bits per heavy atom. The number of methoxy groups -OCH3 is 2. The number of rotatable bonds is 7. The van der Waals surface area contributed by atoms with Crippen molar-refractivity contribution in [1.82, 2.24) is 5.32 Å². The molecule has 0 heterocycles. The molecule has 0 radical (unpaired) electrons. The van der Waals surface area contributed by atoms with E-state index in [1.54, 1.807) is 21.3 Å². The summed E-state index contributed by atoms with van der Waals surface area (Å²) >= 11 is 0. The average molecular weight is 484 g/mol. The highest BCUT2D eigenvalue weighted by atomic mass is 127. The average Bonchev–Trinajstić information content (AvgIpc) is 2.67. The highest BCUT2D eigenvalue weighted by molar-refractivity contribution is 14.0. The molecule has 6 nitrogen and oxygen atoms in total. The fourth-order valence-electron chi connectivity index (χ4n) is 2.52. The van der Waals surface area contributed by atoms with Crippen LogP contribution in [-0.2, 0) is 6.42 Å². The van der Waals surface area contributed by atoms with Gasteiger partial charge in [0.05, 0.1) is 14.2 Å². The summed E-state index contributed by atoms with van der Waals surface area (Å²) in [4.78, 5) is 6.36. The zero-order chi connectivity index (χ0) is 18.9. The Balaban J connectivity index is 0.00000364. The molecule has 0 aliphatic carbocycles. The maximum Gasteiger partial charge on any atom is 0.195 e. The maximum atomic E-state index is 5.33. The first-order chi connectivity index (χ1) is 12.6. The monoisotopic (exact) mass is 484 g/mol. The molecule has 0 spiro atoms. The van der Waals surface area contributed by atoms with E-state index in [9.17, 15) is 0 Å². The number of ether oxygens (including phenoxy) is 2. The first kappa shape index (κ1) is 22.9. The molecule has 0 saturated heterocycles. The summed E-state index contributed by atoms with van der Waals surface area (Å²) < 4.78 is 10.6. The Labute approximate surface area is 179 Å². The van der Waals surface area contributed by atoms with Gasteiger partial charge >= 0.3 is 0 Å². The van der Waals surface area contributed by atoms with Crippen LogP contribution in [-0.4, -0.2) is 47.9 Å². The molecule has 2 N–H and O–H groups in total. The summed E-state index contributed by atoms with van der Waals surface area (Å²) in [7, 11) is 9.08. The van der Waals surface area contributed by atoms with Crippen molar-refractivity contribution in [3.8, 4) is 11.5 Å². The zero-order valence-corrected chi connectivity index (χ0v) is 18.9. The molecule has 2 aromatic rings. The van der Waals surface area contributed by atoms with Crippen LogP contribution < -0.4 is 25.0 Å². The van der Waals surface area contributed by atoms with Crippen molar-refractivity contribution in [1.29, 1.82) is 0 Å². The van der Waals surface area contributed by atoms with Gasteiger partial charge in [-0.25, -0.2) is 0 Å². The van der Waals surface area contributed by atoms with Crippen LogP contribution in [0.25, 0.3) is 0 Å². The molecule has 0 aliphatic rings. The van der Waals surface area contributed by atoms with Crippen LogP contribution >= 0.6 is 24.0 Å². The smallest absolute Gasteiger partial charge is 0.195 e. The zero-order valence-electron chi connectivity index (χ0n) is 16.6. The number of hydrogen-bond donors (Lipinski definition) is 2. The van der Waals surface area contributed by atoms with Crippen molar-refractivity contribution >= 4 is 41.3 Å². The van der Waals surface area contributed by atoms with E-state index in [0.717, 1.165) is 18.7 Å². The lowest BCUT2D eigenvalue weighted by molar-refractivity contribution is 0.355. The standard InChI is InChI=1S/C20H28N4O2.HI/c1-21-20(23-16-8-11-18(25-4)19(14-16)26-5)22-13-12-15-6-9-17(10-7-15)24(2)3;/h6-11,14H,12-13H2,1-5H3,(H2,21,22,23);1H. The fourth-order valence-corrected chi connectivity index (χ4v) is 2.52. The number of halogens is 1. The minimum absolute atomic E-state index is 0. The van der Waals surface area contributed by atoms with Gasteiger partial charge in [0.2, 0.25) is 0 Å². The van der Waals surface area contributed by atoms with Crippen LogP contribution in [0.5, 0.6) is 11.5 Å². The summed E-state index contributed by atoms with van der Waals surface area (Å²) in [6.45, 7) is 0.786. The predicted molar refractivity (Wildman–Crippen MR) is 124 cm³/mol. The van der Waals surface area contributed by atoms with Gasteiger partial charge < -0.3 is 25.0 Å². The van der Waals surface area contributed by atoms with Crippen LogP contribution in [0.15, 0.2) is 47.5 Å². The predicted octanol–water partition coefficient (Wildman–Crippen LogP) is 3.62. The topological polar surface area (TPSA) is 58.1 Å². The van der Waals surface area contributed by atoms with Gasteiger partial charge in [-0.05, 0) is 36.2 Å². The fraction of sp³-hybridized carbons (Fsp3) is 0.350. The first-order valence-corrected chi connectivity index (χ1v) is 8.53. The Hall–Kier alpha value is -2.16. The van der Waals surface area contributed by atoms with E-state index >= 15 is 0 Å². The van der Waals surface area contributed by atoms with Gasteiger partial charge in [0.1, 0.15) is 0 Å². The molecule has 0 amide bonds. The molecule has 2 rings (SSSR count). The lowest BCUT2D eigenvalue weighted by Crippen LogP contribution is -2.32. The number of benzene rings is 2. The Bertz CT molecular complexity index is 733. The van der Waals surface area contributed by atoms with E-state index in [2.05, 4.69) is 44.8 Å². The molecular formula is C20H29IN4O2. The van der Waals surface area contributed by atoms with Crippen molar-refractivity contribution in [2.24, 2.45) is 4.99 Å². The van der Waals surface area contributed by atoms with Crippen molar-refractivity contribution in [2.75, 3.05) is 52.1 Å². The largest absolute Gasteiger partial charge is 0.493 e. The third-order valence-corrected chi connectivity index (χ3v) is 4.03. The third-order valence-electron chi connectivity index (χ3n) is 4.03. The maximum absolute atomic E-state index is 5.33. The summed E-state index contributed by atoms with van der Waals surface area (Å²) in [5.74, 6) is 2.08. The summed E-state index contributed by atoms with van der Waals surface area (Å²) in [6.07, 6.45) is 0.917. The van der Waals surface area contributed by atoms with Crippen molar-refractivity contribution in [3.63, 3.8) is 0 Å². The number of anilines is 2. The number of aliphatic imine (C=N–C) groups is 1. The number of hydrogen-bond acceptors (Lipinski definition) is 4. The Morgan fingerprint density at radius 3 is 2.22 bits per heavy atom. The molecule has 0 fully saturated rings. The van der Waals surface area contributed by atoms with E-state index in [0.29, 0.717) is 17.5 Å². The number of nitrogens with one attached hydrogen (secondary N) is 2. The summed E-state index contributed by atoms with van der Waals surface area (Å²) in [6, 6.07) is 14.2. The van der Waals surface area contributed by atoms with Crippen molar-refractivity contribution in [3.05, 3.63) is 48.0 Å². The second-order valence-corrected chi connectivity index (χ2v) is 6.00. The van der Waals surface area contributed by atoms with Gasteiger partial charge in [0.25, 0.3) is 0 Å². The van der Waals surface area contributed by atoms with Crippen LogP contribution in [0.2, 0.25) is 0 Å². The summed E-state index contributed by atoms with van der Waals surface area (Å²) in [5.41, 5.74) is 3.36. The van der Waals surface area contributed by atoms with E-state index in [4.69, 9.17) is 9.47 Å². The number of nitrogens with zero attached hydrogens (tertiary/aromatic N) is 2. The van der Waals surface area contributed by atoms with Crippen LogP contribution in [0, 0.1) is 0 Å². The molecule has 0 bridgehead atoms. The Morgan fingerprint density at radius 1 is 1.00 bits per heavy atom. The van der Waals surface area contributed by atoms with Crippen LogP contribution in [0.1, 0.15) is 5.56 Å². The molecule has 0 atom stereocenters. The van der Waals surface area contributed by atoms with Gasteiger partial charge in [-0.2, -0.15) is 0 Å². The molecular weight excluding hydrogens is 455 g/mol. The second kappa shape index (κ2) is 11.5. The quantitative estimate of drug-likeness (QED) is 0.357. The molecule has 0 unspecified atom stereocenters. The lowest BCUT2D eigenvalue weighted by atomic mass is 10.1. The molecule has 7 heteroatoms. The van der Waals surface area contributed by atoms with E-state index in [1.807, 2.05) is 32.3 Å². The van der Waals surface area contributed by atoms with E-state index in [-0.39, 0.29) is 24.0 Å². The van der Waals surface area contributed by atoms with Crippen molar-refractivity contribution < 1.29 is 9.47 Å².